The molecule has 88 valence electrons. The Hall–Kier alpha value is -1.35. The highest BCUT2D eigenvalue weighted by molar-refractivity contribution is 5.94. The van der Waals surface area contributed by atoms with Gasteiger partial charge in [0.1, 0.15) is 0 Å². The molecular weight excluding hydrogens is 202 g/mol. The molecule has 0 saturated carbocycles. The predicted octanol–water partition coefficient (Wildman–Crippen LogP) is 1.75. The Bertz CT molecular complexity index is 319. The second-order valence-electron chi connectivity index (χ2n) is 3.78. The number of aliphatic hydroxyl groups excluding tert-OH is 1. The van der Waals surface area contributed by atoms with E-state index in [1.807, 2.05) is 24.3 Å². The van der Waals surface area contributed by atoms with Gasteiger partial charge >= 0.3 is 0 Å². The number of aryl methyl sites for hydroxylation is 1. The van der Waals surface area contributed by atoms with Gasteiger partial charge < -0.3 is 10.4 Å². The summed E-state index contributed by atoms with van der Waals surface area (Å²) in [5, 5.41) is 11.3. The second-order valence-corrected chi connectivity index (χ2v) is 3.78. The minimum Gasteiger partial charge on any atom is -0.396 e. The van der Waals surface area contributed by atoms with Crippen LogP contribution in [0.25, 0.3) is 0 Å². The molecule has 0 spiro atoms. The van der Waals surface area contributed by atoms with Crippen molar-refractivity contribution in [2.24, 2.45) is 0 Å². The van der Waals surface area contributed by atoms with Gasteiger partial charge in [0, 0.05) is 18.7 Å². The summed E-state index contributed by atoms with van der Waals surface area (Å²) in [6.45, 7) is 2.76. The van der Waals surface area contributed by atoms with Crippen molar-refractivity contribution in [3.05, 3.63) is 35.4 Å². The number of amides is 1. The Labute approximate surface area is 96.5 Å². The first-order valence-electron chi connectivity index (χ1n) is 5.76. The third-order valence-electron chi connectivity index (χ3n) is 2.38. The van der Waals surface area contributed by atoms with Crippen LogP contribution in [-0.4, -0.2) is 24.2 Å². The van der Waals surface area contributed by atoms with E-state index in [1.54, 1.807) is 0 Å². The number of benzene rings is 1. The van der Waals surface area contributed by atoms with Gasteiger partial charge in [0.05, 0.1) is 0 Å². The first-order valence-corrected chi connectivity index (χ1v) is 5.76. The van der Waals surface area contributed by atoms with E-state index in [9.17, 15) is 4.79 Å². The molecule has 0 heterocycles. The standard InChI is InChI=1S/C13H19NO2/c1-2-4-11-5-7-12(8-6-11)13(16)14-9-3-10-15/h5-8,15H,2-4,9-10H2,1H3,(H,14,16). The third-order valence-corrected chi connectivity index (χ3v) is 2.38. The van der Waals surface area contributed by atoms with E-state index < -0.39 is 0 Å². The Balaban J connectivity index is 2.49. The fourth-order valence-electron chi connectivity index (χ4n) is 1.49. The summed E-state index contributed by atoms with van der Waals surface area (Å²) in [6.07, 6.45) is 2.76. The summed E-state index contributed by atoms with van der Waals surface area (Å²) >= 11 is 0. The maximum Gasteiger partial charge on any atom is 0.251 e. The van der Waals surface area contributed by atoms with Crippen LogP contribution in [0, 0.1) is 0 Å². The zero-order valence-corrected chi connectivity index (χ0v) is 9.70. The molecule has 0 bridgehead atoms. The van der Waals surface area contributed by atoms with Gasteiger partial charge in [-0.05, 0) is 30.5 Å². The first-order chi connectivity index (χ1) is 7.77. The van der Waals surface area contributed by atoms with E-state index in [4.69, 9.17) is 5.11 Å². The lowest BCUT2D eigenvalue weighted by molar-refractivity contribution is 0.0951. The molecule has 1 aromatic carbocycles. The Morgan fingerprint density at radius 3 is 2.56 bits per heavy atom. The predicted molar refractivity (Wildman–Crippen MR) is 64.5 cm³/mol. The fraction of sp³-hybridized carbons (Fsp3) is 0.462. The number of hydrogen-bond acceptors (Lipinski definition) is 2. The molecular formula is C13H19NO2. The highest BCUT2D eigenvalue weighted by atomic mass is 16.3. The molecule has 0 atom stereocenters. The molecule has 0 radical (unpaired) electrons. The SMILES string of the molecule is CCCc1ccc(C(=O)NCCCO)cc1. The lowest BCUT2D eigenvalue weighted by atomic mass is 10.1. The van der Waals surface area contributed by atoms with Crippen LogP contribution in [-0.2, 0) is 6.42 Å². The zero-order valence-electron chi connectivity index (χ0n) is 9.70. The summed E-state index contributed by atoms with van der Waals surface area (Å²) < 4.78 is 0. The molecule has 3 heteroatoms. The van der Waals surface area contributed by atoms with Crippen molar-refractivity contribution in [1.29, 1.82) is 0 Å². The average molecular weight is 221 g/mol. The number of rotatable bonds is 6. The number of nitrogens with one attached hydrogen (secondary N) is 1. The van der Waals surface area contributed by atoms with Crippen molar-refractivity contribution in [3.63, 3.8) is 0 Å². The van der Waals surface area contributed by atoms with Crippen LogP contribution in [0.15, 0.2) is 24.3 Å². The van der Waals surface area contributed by atoms with E-state index in [1.165, 1.54) is 5.56 Å². The van der Waals surface area contributed by atoms with E-state index in [0.717, 1.165) is 12.8 Å². The van der Waals surface area contributed by atoms with E-state index >= 15 is 0 Å². The monoisotopic (exact) mass is 221 g/mol. The van der Waals surface area contributed by atoms with Gasteiger partial charge in [0.25, 0.3) is 5.91 Å². The van der Waals surface area contributed by atoms with Crippen molar-refractivity contribution in [2.75, 3.05) is 13.2 Å². The van der Waals surface area contributed by atoms with Crippen LogP contribution in [0.5, 0.6) is 0 Å². The van der Waals surface area contributed by atoms with Gasteiger partial charge in [-0.15, -0.1) is 0 Å². The molecule has 3 nitrogen and oxygen atoms in total. The van der Waals surface area contributed by atoms with E-state index in [0.29, 0.717) is 18.5 Å². The number of carbonyl (C=O) groups is 1. The van der Waals surface area contributed by atoms with Gasteiger partial charge in [-0.2, -0.15) is 0 Å². The summed E-state index contributed by atoms with van der Waals surface area (Å²) in [6, 6.07) is 7.67. The molecule has 1 amide bonds. The van der Waals surface area contributed by atoms with Crippen molar-refractivity contribution < 1.29 is 9.90 Å². The van der Waals surface area contributed by atoms with Crippen LogP contribution in [0.3, 0.4) is 0 Å². The largest absolute Gasteiger partial charge is 0.396 e. The minimum atomic E-state index is -0.0727. The second kappa shape index (κ2) is 7.01. The summed E-state index contributed by atoms with van der Waals surface area (Å²) in [4.78, 5) is 11.6. The van der Waals surface area contributed by atoms with Gasteiger partial charge in [0.2, 0.25) is 0 Å². The molecule has 0 unspecified atom stereocenters. The summed E-state index contributed by atoms with van der Waals surface area (Å²) in [5.41, 5.74) is 1.94. The van der Waals surface area contributed by atoms with Gasteiger partial charge in [0.15, 0.2) is 0 Å². The van der Waals surface area contributed by atoms with E-state index in [-0.39, 0.29) is 12.5 Å². The van der Waals surface area contributed by atoms with Crippen molar-refractivity contribution in [2.45, 2.75) is 26.2 Å². The third kappa shape index (κ3) is 4.03. The number of hydrogen-bond donors (Lipinski definition) is 2. The molecule has 0 aliphatic rings. The first kappa shape index (κ1) is 12.7. The summed E-state index contributed by atoms with van der Waals surface area (Å²) in [5.74, 6) is -0.0727. The molecule has 0 saturated heterocycles. The molecule has 0 fully saturated rings. The van der Waals surface area contributed by atoms with Crippen LogP contribution in [0.1, 0.15) is 35.7 Å². The van der Waals surface area contributed by atoms with Crippen LogP contribution < -0.4 is 5.32 Å². The topological polar surface area (TPSA) is 49.3 Å². The minimum absolute atomic E-state index is 0.0727. The van der Waals surface area contributed by atoms with Crippen molar-refractivity contribution in [1.82, 2.24) is 5.32 Å². The normalized spacial score (nSPS) is 10.1. The molecule has 2 N–H and O–H groups in total. The fourth-order valence-corrected chi connectivity index (χ4v) is 1.49. The smallest absolute Gasteiger partial charge is 0.251 e. The quantitative estimate of drug-likeness (QED) is 0.719. The van der Waals surface area contributed by atoms with Crippen molar-refractivity contribution >= 4 is 5.91 Å². The lowest BCUT2D eigenvalue weighted by Crippen LogP contribution is -2.24. The molecule has 1 rings (SSSR count). The maximum absolute atomic E-state index is 11.6. The molecule has 16 heavy (non-hydrogen) atoms. The Kier molecular flexibility index (Phi) is 5.57. The van der Waals surface area contributed by atoms with E-state index in [2.05, 4.69) is 12.2 Å². The molecule has 1 aromatic rings. The molecule has 0 aromatic heterocycles. The van der Waals surface area contributed by atoms with Crippen LogP contribution >= 0.6 is 0 Å². The molecule has 0 aliphatic heterocycles. The lowest BCUT2D eigenvalue weighted by Gasteiger charge is -2.05. The Morgan fingerprint density at radius 2 is 2.00 bits per heavy atom. The Morgan fingerprint density at radius 1 is 1.31 bits per heavy atom. The van der Waals surface area contributed by atoms with Gasteiger partial charge in [-0.25, -0.2) is 0 Å². The molecule has 0 aliphatic carbocycles. The van der Waals surface area contributed by atoms with Crippen LogP contribution in [0.4, 0.5) is 0 Å². The maximum atomic E-state index is 11.6. The highest BCUT2D eigenvalue weighted by Gasteiger charge is 2.03. The van der Waals surface area contributed by atoms with Crippen LogP contribution in [0.2, 0.25) is 0 Å². The highest BCUT2D eigenvalue weighted by Crippen LogP contribution is 2.06. The van der Waals surface area contributed by atoms with Gasteiger partial charge in [-0.3, -0.25) is 4.79 Å². The number of carbonyl (C=O) groups excluding carboxylic acids is 1. The van der Waals surface area contributed by atoms with Crippen molar-refractivity contribution in [3.8, 4) is 0 Å². The zero-order chi connectivity index (χ0) is 11.8. The average Bonchev–Trinajstić information content (AvgIpc) is 2.30. The number of aliphatic hydroxyl groups is 1. The summed E-state index contributed by atoms with van der Waals surface area (Å²) in [7, 11) is 0. The van der Waals surface area contributed by atoms with Gasteiger partial charge in [-0.1, -0.05) is 25.5 Å².